The number of allylic oxidation sites excluding steroid dienone is 5. The van der Waals surface area contributed by atoms with Crippen LogP contribution in [0.5, 0.6) is 5.88 Å². The highest BCUT2D eigenvalue weighted by Crippen LogP contribution is 2.42. The predicted molar refractivity (Wildman–Crippen MR) is 474 cm³/mol. The summed E-state index contributed by atoms with van der Waals surface area (Å²) in [7, 11) is 0. The van der Waals surface area contributed by atoms with Crippen LogP contribution in [0.25, 0.3) is 46.7 Å². The highest BCUT2D eigenvalue weighted by molar-refractivity contribution is 8.27. The number of carboxylic acids is 4. The van der Waals surface area contributed by atoms with Crippen molar-refractivity contribution in [3.05, 3.63) is 240 Å². The van der Waals surface area contributed by atoms with Crippen LogP contribution in [0, 0.1) is 41.5 Å². The number of thiazole rings is 1. The average Bonchev–Trinajstić information content (AvgIpc) is 1.63. The van der Waals surface area contributed by atoms with Crippen molar-refractivity contribution in [1.82, 2.24) is 19.3 Å². The number of hydrogen-bond acceptors (Lipinski definition) is 20. The molecule has 8 N–H and O–H groups in total. The summed E-state index contributed by atoms with van der Waals surface area (Å²) in [4.78, 5) is 103. The molecule has 3 fully saturated rings. The van der Waals surface area contributed by atoms with E-state index in [0.717, 1.165) is 118 Å². The minimum absolute atomic E-state index is 0.0524. The van der Waals surface area contributed by atoms with Gasteiger partial charge in [0.05, 0.1) is 32.8 Å². The lowest BCUT2D eigenvalue weighted by Crippen LogP contribution is -2.47. The van der Waals surface area contributed by atoms with Gasteiger partial charge in [0.15, 0.2) is 15.8 Å². The molecule has 0 bridgehead atoms. The van der Waals surface area contributed by atoms with E-state index in [1.165, 1.54) is 25.3 Å². The number of Topliss-reactive ketones (excluding diaryl/α,β-unsaturated/α-hetero) is 1. The Hall–Kier alpha value is -9.59. The number of aliphatic hydroxyl groups excluding tert-OH is 3. The fraction of sp³-hybridized carbons (Fsp3) is 0.287. The number of thiocarbonyl (C=S) groups is 3. The molecule has 3 saturated heterocycles. The van der Waals surface area contributed by atoms with E-state index in [2.05, 4.69) is 13.8 Å². The molecule has 4 atom stereocenters. The second-order valence-corrected chi connectivity index (χ2v) is 35.8. The number of carbonyl (C=O) groups excluding carboxylic acids is 4. The minimum Gasteiger partial charge on any atom is -0.504 e. The molecule has 28 heteroatoms. The highest BCUT2D eigenvalue weighted by Gasteiger charge is 2.45. The first-order valence-electron chi connectivity index (χ1n) is 36.5. The van der Waals surface area contributed by atoms with Gasteiger partial charge in [-0.3, -0.25) is 38.4 Å². The van der Waals surface area contributed by atoms with Crippen molar-refractivity contribution in [1.29, 1.82) is 0 Å². The Balaban J connectivity index is 0.000000193. The molecule has 0 radical (unpaired) electrons. The number of ketones is 1. The number of hydrogen-bond donors (Lipinski definition) is 8. The smallest absolute Gasteiger partial charge is 0.331 e. The van der Waals surface area contributed by atoms with E-state index in [-0.39, 0.29) is 84.6 Å². The number of fused-ring (bicyclic) bond motifs is 2. The fourth-order valence-electron chi connectivity index (χ4n) is 13.5. The second-order valence-electron chi connectivity index (χ2n) is 29.1. The summed E-state index contributed by atoms with van der Waals surface area (Å²) in [5, 5.41) is 82.5. The molecular formula is C87H90N4O16S8. The average molecular weight is 1700 g/mol. The SMILES string of the molecule is CC(=C\c1ccccc1)/C=C1/SC(=S)N(C(C(=O)O)C(C)C)C1=O.CC(=C\c1ccccc1)/C=C1/SC(=S)N(C(C(=O)O)c2ccccc2)C1=O.Cc1cc2c(C(C)C)c(CO)c(CO)cc2cc1/C=C1\SC(=S)N(C(C(=O)O)C(C)C)C1=O.Cc1cc2c(cc1=Cc1sc(=S)n(C(C(=O)O)C(C)C)c1O)C=C(O)C(=O)C=2C(C)C. The van der Waals surface area contributed by atoms with Crippen molar-refractivity contribution in [2.75, 3.05) is 0 Å². The van der Waals surface area contributed by atoms with E-state index in [1.54, 1.807) is 96.2 Å². The van der Waals surface area contributed by atoms with Crippen LogP contribution in [0.3, 0.4) is 0 Å². The van der Waals surface area contributed by atoms with Crippen molar-refractivity contribution in [3.8, 4) is 5.88 Å². The standard InChI is InChI=1S/C25H29NO5S2.C23H25NO5S2.C21H17NO3S2.C18H19NO3S2/c1-12(2)21-18-6-14(5)15(7-16(18)8-17(10-27)19(21)11-28)9-20-23(29)26(25(32)33-20)22(13(3)4)24(30)31;1-10(2)18-15-6-12(5)13(7-14(15)8-16(25)20(18)26)9-17-21(27)24(23(30)31-17)19(11(3)4)22(28)29;1-14(12-15-8-4-2-5-9-15)13-17-19(23)22(21(26)27-17)18(20(24)25)16-10-6-3-7-11-16;1-11(2)15(17(21)22)19-16(20)14(24-18(19)23)10-12(3)9-13-7-5-4-6-8-13/h6-9,12-13,22,27-28H,10-11H2,1-5H3,(H,30,31);6-11,19,25,27H,1-5H3,(H,28,29);2-13,18H,1H3,(H,24,25);4-11,15H,1-3H3,(H,21,22)/b20-9-;;14-12+,17-13+;12-9+,14-10+. The first kappa shape index (κ1) is 90.9. The number of thioether (sulfide) groups is 3. The molecule has 602 valence electrons. The molecule has 4 aliphatic rings. The zero-order valence-corrected chi connectivity index (χ0v) is 72.1. The van der Waals surface area contributed by atoms with Gasteiger partial charge in [-0.2, -0.15) is 0 Å². The third-order valence-electron chi connectivity index (χ3n) is 18.8. The first-order valence-corrected chi connectivity index (χ1v) is 41.4. The number of amides is 3. The second kappa shape index (κ2) is 39.8. The number of carboxylic acid groups (broad SMARTS) is 4. The quantitative estimate of drug-likeness (QED) is 0.0231. The number of aromatic nitrogens is 1. The largest absolute Gasteiger partial charge is 0.504 e. The summed E-state index contributed by atoms with van der Waals surface area (Å²) in [5.41, 5.74) is 10.7. The number of aromatic hydroxyl groups is 1. The van der Waals surface area contributed by atoms with Crippen LogP contribution in [0.15, 0.2) is 165 Å². The van der Waals surface area contributed by atoms with E-state index in [9.17, 15) is 79.2 Å². The summed E-state index contributed by atoms with van der Waals surface area (Å²) >= 11 is 25.8. The molecular weight excluding hydrogens is 1610 g/mol. The third-order valence-corrected chi connectivity index (χ3v) is 24.2. The van der Waals surface area contributed by atoms with Crippen LogP contribution in [-0.4, -0.2) is 133 Å². The van der Waals surface area contributed by atoms with Crippen molar-refractivity contribution in [2.45, 2.75) is 140 Å². The number of aliphatic carboxylic acids is 4. The van der Waals surface area contributed by atoms with Gasteiger partial charge in [-0.05, 0) is 206 Å². The Kier molecular flexibility index (Phi) is 31.5. The summed E-state index contributed by atoms with van der Waals surface area (Å²) in [6, 6.07) is 33.7. The number of benzene rings is 6. The Morgan fingerprint density at radius 2 is 0.983 bits per heavy atom. The van der Waals surface area contributed by atoms with Crippen LogP contribution in [0.1, 0.15) is 162 Å². The van der Waals surface area contributed by atoms with Gasteiger partial charge in [0.1, 0.15) is 31.1 Å². The van der Waals surface area contributed by atoms with E-state index >= 15 is 0 Å². The number of aryl methyl sites for hydroxylation is 2. The van der Waals surface area contributed by atoms with Crippen LogP contribution < -0.4 is 10.4 Å². The van der Waals surface area contributed by atoms with Crippen LogP contribution in [0.4, 0.5) is 0 Å². The molecule has 1 aliphatic carbocycles. The van der Waals surface area contributed by atoms with E-state index in [0.29, 0.717) is 46.2 Å². The van der Waals surface area contributed by atoms with E-state index in [4.69, 9.17) is 48.9 Å². The molecule has 4 heterocycles. The zero-order valence-electron chi connectivity index (χ0n) is 65.6. The molecule has 6 aromatic carbocycles. The van der Waals surface area contributed by atoms with Gasteiger partial charge in [-0.15, -0.1) is 11.3 Å². The normalized spacial score (nSPS) is 16.9. The lowest BCUT2D eigenvalue weighted by molar-refractivity contribution is -0.147. The van der Waals surface area contributed by atoms with Crippen molar-refractivity contribution >= 4 is 203 Å². The molecule has 115 heavy (non-hydrogen) atoms. The molecule has 0 saturated carbocycles. The molecule has 7 aromatic rings. The number of rotatable bonds is 22. The van der Waals surface area contributed by atoms with Gasteiger partial charge in [-0.1, -0.05) is 256 Å². The predicted octanol–water partition coefficient (Wildman–Crippen LogP) is 16.9. The number of aliphatic hydroxyl groups is 3. The molecule has 11 rings (SSSR count). The summed E-state index contributed by atoms with van der Waals surface area (Å²) in [6.07, 6.45) is 12.4. The molecule has 3 amide bonds. The van der Waals surface area contributed by atoms with Crippen LogP contribution >= 0.6 is 95.5 Å². The van der Waals surface area contributed by atoms with Gasteiger partial charge in [0.2, 0.25) is 11.7 Å². The Labute approximate surface area is 705 Å². The maximum absolute atomic E-state index is 13.1. The lowest BCUT2D eigenvalue weighted by Gasteiger charge is -2.26. The topological polar surface area (TPSA) is 313 Å². The summed E-state index contributed by atoms with van der Waals surface area (Å²) in [6.45, 7) is 25.8. The van der Waals surface area contributed by atoms with Gasteiger partial charge in [-0.25, -0.2) is 19.2 Å². The maximum atomic E-state index is 13.1. The van der Waals surface area contributed by atoms with Crippen molar-refractivity contribution in [2.24, 2.45) is 23.7 Å². The minimum atomic E-state index is -1.14. The van der Waals surface area contributed by atoms with Crippen LogP contribution in [0.2, 0.25) is 0 Å². The Bertz CT molecular complexity index is 5440. The zero-order chi connectivity index (χ0) is 85.0. The molecule has 20 nitrogen and oxygen atoms in total. The monoisotopic (exact) mass is 1700 g/mol. The summed E-state index contributed by atoms with van der Waals surface area (Å²) < 4.78 is 2.33. The van der Waals surface area contributed by atoms with Gasteiger partial charge < -0.3 is 40.9 Å². The summed E-state index contributed by atoms with van der Waals surface area (Å²) in [5.74, 6) is -6.96. The van der Waals surface area contributed by atoms with Crippen molar-refractivity contribution in [3.63, 3.8) is 0 Å². The molecule has 0 spiro atoms. The molecule has 4 unspecified atom stereocenters. The van der Waals surface area contributed by atoms with Crippen LogP contribution in [-0.2, 0) is 51.6 Å². The van der Waals surface area contributed by atoms with Gasteiger partial charge >= 0.3 is 23.9 Å². The van der Waals surface area contributed by atoms with E-state index < -0.39 is 54.0 Å². The number of nitrogens with zero attached hydrogens (tertiary/aromatic N) is 4. The lowest BCUT2D eigenvalue weighted by atomic mass is 9.86. The van der Waals surface area contributed by atoms with Crippen molar-refractivity contribution < 1.29 is 79.2 Å². The maximum Gasteiger partial charge on any atom is 0.331 e. The fourth-order valence-corrected chi connectivity index (χ4v) is 18.9. The highest BCUT2D eigenvalue weighted by atomic mass is 32.2. The molecule has 1 aromatic heterocycles. The molecule has 3 aliphatic heterocycles. The van der Waals surface area contributed by atoms with Gasteiger partial charge in [0.25, 0.3) is 17.7 Å². The Morgan fingerprint density at radius 1 is 0.522 bits per heavy atom. The van der Waals surface area contributed by atoms with Gasteiger partial charge in [0, 0.05) is 5.57 Å². The van der Waals surface area contributed by atoms with E-state index in [1.807, 2.05) is 145 Å². The first-order chi connectivity index (χ1) is 54.2. The Morgan fingerprint density at radius 3 is 1.43 bits per heavy atom. The third kappa shape index (κ3) is 21.4. The number of carbonyl (C=O) groups is 8.